The van der Waals surface area contributed by atoms with Crippen LogP contribution in [0, 0.1) is 0 Å². The minimum atomic E-state index is -1.00. The Morgan fingerprint density at radius 2 is 2.00 bits per heavy atom. The van der Waals surface area contributed by atoms with Crippen LogP contribution in [0.4, 0.5) is 0 Å². The van der Waals surface area contributed by atoms with Crippen molar-refractivity contribution in [1.82, 2.24) is 20.4 Å². The van der Waals surface area contributed by atoms with Gasteiger partial charge in [-0.1, -0.05) is 6.07 Å². The van der Waals surface area contributed by atoms with E-state index in [1.54, 1.807) is 24.5 Å². The molecule has 1 aromatic carbocycles. The van der Waals surface area contributed by atoms with Crippen LogP contribution in [0.2, 0.25) is 0 Å². The van der Waals surface area contributed by atoms with E-state index in [2.05, 4.69) is 20.4 Å². The summed E-state index contributed by atoms with van der Waals surface area (Å²) in [5.41, 5.74) is 1.40. The van der Waals surface area contributed by atoms with Gasteiger partial charge in [-0.3, -0.25) is 5.10 Å². The number of aromatic carboxylic acids is 1. The van der Waals surface area contributed by atoms with Crippen molar-refractivity contribution in [2.45, 2.75) is 0 Å². The highest BCUT2D eigenvalue weighted by atomic mass is 16.4. The van der Waals surface area contributed by atoms with Crippen LogP contribution in [0.25, 0.3) is 22.9 Å². The van der Waals surface area contributed by atoms with E-state index in [9.17, 15) is 4.79 Å². The molecule has 0 radical (unpaired) electrons. The maximum absolute atomic E-state index is 10.9. The zero-order chi connectivity index (χ0) is 13.2. The van der Waals surface area contributed by atoms with Gasteiger partial charge in [0.2, 0.25) is 5.89 Å². The van der Waals surface area contributed by atoms with Gasteiger partial charge in [0.15, 0.2) is 0 Å². The Labute approximate surface area is 106 Å². The summed E-state index contributed by atoms with van der Waals surface area (Å²) in [6.07, 6.45) is 3.19. The molecule has 3 aromatic rings. The molecule has 0 amide bonds. The minimum Gasteiger partial charge on any atom is -0.478 e. The zero-order valence-corrected chi connectivity index (χ0v) is 9.57. The van der Waals surface area contributed by atoms with Crippen LogP contribution in [0.3, 0.4) is 0 Å². The quantitative estimate of drug-likeness (QED) is 0.740. The molecule has 94 valence electrons. The molecular weight excluding hydrogens is 248 g/mol. The summed E-state index contributed by atoms with van der Waals surface area (Å²) in [7, 11) is 0. The predicted molar refractivity (Wildman–Crippen MR) is 64.3 cm³/mol. The van der Waals surface area contributed by atoms with E-state index < -0.39 is 5.97 Å². The Bertz CT molecular complexity index is 718. The summed E-state index contributed by atoms with van der Waals surface area (Å²) in [5, 5.41) is 23.1. The lowest BCUT2D eigenvalue weighted by Gasteiger charge is -1.96. The van der Waals surface area contributed by atoms with Crippen LogP contribution in [0.1, 0.15) is 10.4 Å². The Kier molecular flexibility index (Phi) is 2.57. The third-order valence-electron chi connectivity index (χ3n) is 2.53. The second-order valence-electron chi connectivity index (χ2n) is 3.79. The predicted octanol–water partition coefficient (Wildman–Crippen LogP) is 1.82. The van der Waals surface area contributed by atoms with Gasteiger partial charge >= 0.3 is 5.97 Å². The van der Waals surface area contributed by atoms with Crippen LogP contribution < -0.4 is 0 Å². The van der Waals surface area contributed by atoms with E-state index in [1.807, 2.05) is 0 Å². The van der Waals surface area contributed by atoms with E-state index >= 15 is 0 Å². The monoisotopic (exact) mass is 256 g/mol. The fourth-order valence-electron chi connectivity index (χ4n) is 1.61. The number of H-pyrrole nitrogens is 1. The van der Waals surface area contributed by atoms with E-state index in [4.69, 9.17) is 9.52 Å². The minimum absolute atomic E-state index is 0.167. The third-order valence-corrected chi connectivity index (χ3v) is 2.53. The van der Waals surface area contributed by atoms with Crippen molar-refractivity contribution < 1.29 is 14.3 Å². The fourth-order valence-corrected chi connectivity index (χ4v) is 1.61. The number of carboxylic acid groups (broad SMARTS) is 1. The summed E-state index contributed by atoms with van der Waals surface area (Å²) in [5.74, 6) is -0.416. The lowest BCUT2D eigenvalue weighted by atomic mass is 10.1. The van der Waals surface area contributed by atoms with Crippen LogP contribution in [-0.4, -0.2) is 31.5 Å². The molecule has 2 N–H and O–H groups in total. The molecule has 2 heterocycles. The third kappa shape index (κ3) is 2.08. The fraction of sp³-hybridized carbons (Fsp3) is 0. The van der Waals surface area contributed by atoms with E-state index in [0.29, 0.717) is 17.0 Å². The molecule has 0 atom stereocenters. The molecule has 0 spiro atoms. The molecule has 0 fully saturated rings. The van der Waals surface area contributed by atoms with Gasteiger partial charge in [-0.15, -0.1) is 10.2 Å². The first-order valence-corrected chi connectivity index (χ1v) is 5.40. The average Bonchev–Trinajstić information content (AvgIpc) is 3.09. The Morgan fingerprint density at radius 1 is 1.21 bits per heavy atom. The normalized spacial score (nSPS) is 10.5. The van der Waals surface area contributed by atoms with Crippen molar-refractivity contribution in [2.75, 3.05) is 0 Å². The zero-order valence-electron chi connectivity index (χ0n) is 9.57. The smallest absolute Gasteiger partial charge is 0.335 e. The molecular formula is C12H8N4O3. The van der Waals surface area contributed by atoms with Gasteiger partial charge in [0.25, 0.3) is 5.89 Å². The average molecular weight is 256 g/mol. The Balaban J connectivity index is 1.99. The number of carbonyl (C=O) groups is 1. The van der Waals surface area contributed by atoms with Crippen LogP contribution in [-0.2, 0) is 0 Å². The number of aromatic nitrogens is 4. The van der Waals surface area contributed by atoms with Crippen LogP contribution in [0.5, 0.6) is 0 Å². The van der Waals surface area contributed by atoms with Gasteiger partial charge in [-0.2, -0.15) is 5.10 Å². The van der Waals surface area contributed by atoms with Crippen molar-refractivity contribution in [2.24, 2.45) is 0 Å². The lowest BCUT2D eigenvalue weighted by Crippen LogP contribution is -1.95. The molecule has 3 rings (SSSR count). The number of hydrogen-bond acceptors (Lipinski definition) is 5. The molecule has 0 bridgehead atoms. The number of nitrogens with one attached hydrogen (secondary N) is 1. The summed E-state index contributed by atoms with van der Waals surface area (Å²) in [4.78, 5) is 10.9. The van der Waals surface area contributed by atoms with Crippen molar-refractivity contribution in [3.05, 3.63) is 42.2 Å². The van der Waals surface area contributed by atoms with E-state index in [0.717, 1.165) is 0 Å². The molecule has 7 nitrogen and oxygen atoms in total. The molecule has 7 heteroatoms. The number of benzene rings is 1. The SMILES string of the molecule is O=C(O)c1cccc(-c2nnc(-c3cn[nH]c3)o2)c1. The summed E-state index contributed by atoms with van der Waals surface area (Å²) >= 11 is 0. The van der Waals surface area contributed by atoms with Gasteiger partial charge < -0.3 is 9.52 Å². The second-order valence-corrected chi connectivity index (χ2v) is 3.79. The van der Waals surface area contributed by atoms with Gasteiger partial charge in [-0.25, -0.2) is 4.79 Å². The van der Waals surface area contributed by atoms with Gasteiger partial charge in [0, 0.05) is 11.8 Å². The maximum Gasteiger partial charge on any atom is 0.335 e. The molecule has 0 aliphatic heterocycles. The van der Waals surface area contributed by atoms with E-state index in [-0.39, 0.29) is 11.5 Å². The second kappa shape index (κ2) is 4.37. The van der Waals surface area contributed by atoms with Crippen LogP contribution >= 0.6 is 0 Å². The van der Waals surface area contributed by atoms with E-state index in [1.165, 1.54) is 12.1 Å². The number of aromatic amines is 1. The molecule has 0 unspecified atom stereocenters. The van der Waals surface area contributed by atoms with Crippen molar-refractivity contribution in [3.8, 4) is 22.9 Å². The Morgan fingerprint density at radius 3 is 2.68 bits per heavy atom. The first kappa shape index (κ1) is 11.1. The first-order valence-electron chi connectivity index (χ1n) is 5.40. The molecule has 2 aromatic heterocycles. The van der Waals surface area contributed by atoms with Crippen molar-refractivity contribution in [1.29, 1.82) is 0 Å². The van der Waals surface area contributed by atoms with Crippen molar-refractivity contribution >= 4 is 5.97 Å². The molecule has 19 heavy (non-hydrogen) atoms. The van der Waals surface area contributed by atoms with Crippen molar-refractivity contribution in [3.63, 3.8) is 0 Å². The highest BCUT2D eigenvalue weighted by molar-refractivity contribution is 5.88. The topological polar surface area (TPSA) is 105 Å². The Hall–Kier alpha value is -2.96. The summed E-state index contributed by atoms with van der Waals surface area (Å²) in [6.45, 7) is 0. The maximum atomic E-state index is 10.9. The van der Waals surface area contributed by atoms with Gasteiger partial charge in [-0.05, 0) is 18.2 Å². The lowest BCUT2D eigenvalue weighted by molar-refractivity contribution is 0.0697. The molecule has 0 aliphatic carbocycles. The number of hydrogen-bond donors (Lipinski definition) is 2. The molecule has 0 saturated heterocycles. The number of nitrogens with zero attached hydrogens (tertiary/aromatic N) is 3. The van der Waals surface area contributed by atoms with Gasteiger partial charge in [0.1, 0.15) is 0 Å². The standard InChI is InChI=1S/C12H8N4O3/c17-12(18)8-3-1-2-7(4-8)10-15-16-11(19-10)9-5-13-14-6-9/h1-6H,(H,13,14)(H,17,18). The van der Waals surface area contributed by atoms with Crippen LogP contribution in [0.15, 0.2) is 41.1 Å². The highest BCUT2D eigenvalue weighted by Crippen LogP contribution is 2.23. The molecule has 0 aliphatic rings. The summed E-state index contributed by atoms with van der Waals surface area (Å²) < 4.78 is 5.47. The largest absolute Gasteiger partial charge is 0.478 e. The first-order chi connectivity index (χ1) is 9.24. The number of carboxylic acids is 1. The molecule has 0 saturated carbocycles. The number of rotatable bonds is 3. The highest BCUT2D eigenvalue weighted by Gasteiger charge is 2.12. The summed E-state index contributed by atoms with van der Waals surface area (Å²) in [6, 6.07) is 6.31. The van der Waals surface area contributed by atoms with Gasteiger partial charge in [0.05, 0.1) is 17.3 Å².